The van der Waals surface area contributed by atoms with Crippen LogP contribution in [-0.2, 0) is 10.5 Å². The Morgan fingerprint density at radius 3 is 2.78 bits per heavy atom. The largest absolute Gasteiger partial charge is 0.446 e. The van der Waals surface area contributed by atoms with E-state index in [-0.39, 0.29) is 28.3 Å². The van der Waals surface area contributed by atoms with Crippen LogP contribution in [0.4, 0.5) is 20.8 Å². The van der Waals surface area contributed by atoms with Crippen molar-refractivity contribution in [2.75, 3.05) is 10.2 Å². The number of rotatable bonds is 4. The highest BCUT2D eigenvalue weighted by Gasteiger charge is 2.51. The molecule has 8 nitrogen and oxygen atoms in total. The van der Waals surface area contributed by atoms with Crippen LogP contribution in [0.2, 0.25) is 5.02 Å². The summed E-state index contributed by atoms with van der Waals surface area (Å²) in [7, 11) is 0. The molecule has 3 N–H and O–H groups in total. The number of fused-ring (bicyclic) bond motifs is 2. The van der Waals surface area contributed by atoms with Gasteiger partial charge >= 0.3 is 6.09 Å². The summed E-state index contributed by atoms with van der Waals surface area (Å²) < 4.78 is 20.4. The molecule has 0 bridgehead atoms. The molecule has 1 aliphatic heterocycles. The molecule has 0 radical (unpaired) electrons. The number of aromatic amines is 1. The number of H-pyrrole nitrogens is 1. The van der Waals surface area contributed by atoms with E-state index < -0.39 is 23.5 Å². The number of amides is 2. The summed E-state index contributed by atoms with van der Waals surface area (Å²) in [5, 5.41) is 14.5. The first-order valence-electron chi connectivity index (χ1n) is 11.4. The molecule has 2 aliphatic rings. The van der Waals surface area contributed by atoms with E-state index in [2.05, 4.69) is 15.3 Å². The number of halogens is 2. The van der Waals surface area contributed by atoms with Gasteiger partial charge in [-0.25, -0.2) is 14.2 Å². The van der Waals surface area contributed by atoms with Crippen LogP contribution in [0.5, 0.6) is 0 Å². The maximum atomic E-state index is 15.1. The molecule has 10 heteroatoms. The van der Waals surface area contributed by atoms with Crippen molar-refractivity contribution < 1.29 is 23.8 Å². The first-order chi connectivity index (χ1) is 17.4. The van der Waals surface area contributed by atoms with Gasteiger partial charge < -0.3 is 14.8 Å². The number of ether oxygens (including phenoxy) is 1. The van der Waals surface area contributed by atoms with Gasteiger partial charge in [0.2, 0.25) is 5.95 Å². The van der Waals surface area contributed by atoms with Crippen molar-refractivity contribution in [2.45, 2.75) is 31.1 Å². The average Bonchev–Trinajstić information content (AvgIpc) is 3.34. The molecular formula is C26H20ClFN4O4. The van der Waals surface area contributed by atoms with Gasteiger partial charge in [-0.05, 0) is 49.6 Å². The van der Waals surface area contributed by atoms with Crippen molar-refractivity contribution in [1.82, 2.24) is 9.97 Å². The fourth-order valence-electron chi connectivity index (χ4n) is 4.65. The summed E-state index contributed by atoms with van der Waals surface area (Å²) in [5.74, 6) is -1.21. The molecule has 3 aromatic carbocycles. The second kappa shape index (κ2) is 8.32. The van der Waals surface area contributed by atoms with E-state index in [4.69, 9.17) is 16.3 Å². The quantitative estimate of drug-likeness (QED) is 0.347. The number of anilines is 2. The molecular weight excluding hydrogens is 487 g/mol. The van der Waals surface area contributed by atoms with Gasteiger partial charge in [-0.1, -0.05) is 41.9 Å². The lowest BCUT2D eigenvalue weighted by atomic mass is 9.93. The molecule has 182 valence electrons. The Morgan fingerprint density at radius 2 is 2.00 bits per heavy atom. The van der Waals surface area contributed by atoms with Crippen molar-refractivity contribution in [1.29, 1.82) is 0 Å². The highest BCUT2D eigenvalue weighted by molar-refractivity contribution is 6.31. The predicted octanol–water partition coefficient (Wildman–Crippen LogP) is 5.31. The number of imidazole rings is 1. The summed E-state index contributed by atoms with van der Waals surface area (Å²) in [6, 6.07) is 15.7. The zero-order chi connectivity index (χ0) is 25.0. The molecule has 4 aromatic rings. The van der Waals surface area contributed by atoms with Crippen molar-refractivity contribution in [3.8, 4) is 0 Å². The lowest BCUT2D eigenvalue weighted by molar-refractivity contribution is 0.0622. The Balaban J connectivity index is 1.43. The number of nitrogens with one attached hydrogen (secondary N) is 2. The van der Waals surface area contributed by atoms with Gasteiger partial charge in [-0.3, -0.25) is 15.0 Å². The van der Waals surface area contributed by atoms with E-state index in [1.54, 1.807) is 42.5 Å². The summed E-state index contributed by atoms with van der Waals surface area (Å²) in [4.78, 5) is 33.9. The van der Waals surface area contributed by atoms with Gasteiger partial charge in [0.1, 0.15) is 6.10 Å². The fourth-order valence-corrected chi connectivity index (χ4v) is 4.82. The maximum Gasteiger partial charge on any atom is 0.414 e. The third-order valence-electron chi connectivity index (χ3n) is 6.66. The van der Waals surface area contributed by atoms with Crippen LogP contribution in [0.1, 0.15) is 40.7 Å². The molecule has 1 aromatic heterocycles. The Hall–Kier alpha value is -3.95. The highest BCUT2D eigenvalue weighted by Crippen LogP contribution is 2.46. The Bertz CT molecular complexity index is 1540. The normalized spacial score (nSPS) is 19.3. The molecule has 2 amide bonds. The molecule has 1 aliphatic carbocycles. The van der Waals surface area contributed by atoms with Crippen LogP contribution in [0.25, 0.3) is 11.0 Å². The molecule has 1 saturated carbocycles. The number of carbonyl (C=O) groups excluding carboxylic acids is 2. The molecule has 0 spiro atoms. The van der Waals surface area contributed by atoms with Crippen LogP contribution in [0, 0.1) is 5.82 Å². The fraction of sp³-hybridized carbons (Fsp3) is 0.192. The Kier molecular flexibility index (Phi) is 5.20. The van der Waals surface area contributed by atoms with E-state index in [1.807, 2.05) is 0 Å². The summed E-state index contributed by atoms with van der Waals surface area (Å²) >= 11 is 6.00. The van der Waals surface area contributed by atoms with Crippen molar-refractivity contribution in [3.05, 3.63) is 88.2 Å². The van der Waals surface area contributed by atoms with Gasteiger partial charge in [0, 0.05) is 16.7 Å². The first-order valence-corrected chi connectivity index (χ1v) is 11.8. The molecule has 0 saturated heterocycles. The molecule has 36 heavy (non-hydrogen) atoms. The number of benzene rings is 3. The topological polar surface area (TPSA) is 108 Å². The number of nitrogens with zero attached hydrogens (tertiary/aromatic N) is 2. The summed E-state index contributed by atoms with van der Waals surface area (Å²) in [5.41, 5.74) is -0.352. The van der Waals surface area contributed by atoms with Gasteiger partial charge in [0.15, 0.2) is 11.5 Å². The van der Waals surface area contributed by atoms with E-state index in [9.17, 15) is 14.7 Å². The third-order valence-corrected chi connectivity index (χ3v) is 6.95. The van der Waals surface area contributed by atoms with E-state index in [0.29, 0.717) is 22.2 Å². The van der Waals surface area contributed by atoms with Crippen molar-refractivity contribution in [2.24, 2.45) is 0 Å². The zero-order valence-corrected chi connectivity index (χ0v) is 19.6. The standard InChI is InChI=1S/C26H20ClFN4O4/c27-18-9-4-10-21(22(18)28)32-23(33)16-7-1-2-8-17(16)26(32,35)14-11-12-19-20(13-14)30-24(29-19)31-25(34)36-15-5-3-6-15/h1-2,4,7-13,15,35H,3,5-6H2,(H2,29,30,31,34). The first kappa shape index (κ1) is 22.5. The van der Waals surface area contributed by atoms with Crippen LogP contribution in [0.3, 0.4) is 0 Å². The van der Waals surface area contributed by atoms with E-state index in [0.717, 1.165) is 24.2 Å². The smallest absolute Gasteiger partial charge is 0.414 e. The van der Waals surface area contributed by atoms with Crippen LogP contribution >= 0.6 is 11.6 Å². The van der Waals surface area contributed by atoms with Crippen LogP contribution < -0.4 is 10.2 Å². The van der Waals surface area contributed by atoms with Crippen LogP contribution in [0.15, 0.2) is 60.7 Å². The summed E-state index contributed by atoms with van der Waals surface area (Å²) in [6.45, 7) is 0. The lowest BCUT2D eigenvalue weighted by Crippen LogP contribution is -2.45. The third kappa shape index (κ3) is 3.42. The van der Waals surface area contributed by atoms with Gasteiger partial charge in [0.25, 0.3) is 5.91 Å². The zero-order valence-electron chi connectivity index (χ0n) is 18.8. The van der Waals surface area contributed by atoms with E-state index >= 15 is 4.39 Å². The maximum absolute atomic E-state index is 15.1. The number of aromatic nitrogens is 2. The minimum absolute atomic E-state index is 0.0759. The van der Waals surface area contributed by atoms with Gasteiger partial charge in [-0.2, -0.15) is 0 Å². The second-order valence-electron chi connectivity index (χ2n) is 8.83. The number of aliphatic hydroxyl groups is 1. The molecule has 1 fully saturated rings. The van der Waals surface area contributed by atoms with Crippen molar-refractivity contribution >= 4 is 46.3 Å². The van der Waals surface area contributed by atoms with E-state index in [1.165, 1.54) is 18.2 Å². The number of hydrogen-bond donors (Lipinski definition) is 3. The Morgan fingerprint density at radius 1 is 1.19 bits per heavy atom. The summed E-state index contributed by atoms with van der Waals surface area (Å²) in [6.07, 6.45) is 2.05. The molecule has 2 heterocycles. The van der Waals surface area contributed by atoms with Gasteiger partial charge in [0.05, 0.1) is 21.7 Å². The van der Waals surface area contributed by atoms with Gasteiger partial charge in [-0.15, -0.1) is 0 Å². The monoisotopic (exact) mass is 506 g/mol. The number of carbonyl (C=O) groups is 2. The average molecular weight is 507 g/mol. The minimum Gasteiger partial charge on any atom is -0.446 e. The van der Waals surface area contributed by atoms with Crippen LogP contribution in [-0.4, -0.2) is 33.2 Å². The predicted molar refractivity (Wildman–Crippen MR) is 131 cm³/mol. The molecule has 6 rings (SSSR count). The Labute approximate surface area is 209 Å². The number of hydrogen-bond acceptors (Lipinski definition) is 5. The molecule has 1 atom stereocenters. The second-order valence-corrected chi connectivity index (χ2v) is 9.24. The SMILES string of the molecule is O=C(Nc1nc2ccc(C3(O)c4ccccc4C(=O)N3c3cccc(Cl)c3F)cc2[nH]1)OC1CCC1. The lowest BCUT2D eigenvalue weighted by Gasteiger charge is -2.35. The molecule has 1 unspecified atom stereocenters. The highest BCUT2D eigenvalue weighted by atomic mass is 35.5. The minimum atomic E-state index is -2.03. The van der Waals surface area contributed by atoms with Crippen molar-refractivity contribution in [3.63, 3.8) is 0 Å².